The van der Waals surface area contributed by atoms with Gasteiger partial charge in [-0.2, -0.15) is 0 Å². The minimum Gasteiger partial charge on any atom is -0.444 e. The molecule has 18 heavy (non-hydrogen) atoms. The average Bonchev–Trinajstić information content (AvgIpc) is 2.14. The molecule has 1 amide bonds. The van der Waals surface area contributed by atoms with E-state index >= 15 is 0 Å². The summed E-state index contributed by atoms with van der Waals surface area (Å²) in [5, 5.41) is 0. The molecule has 0 bridgehead atoms. The molecule has 102 valence electrons. The highest BCUT2D eigenvalue weighted by atomic mass is 79.9. The van der Waals surface area contributed by atoms with Crippen molar-refractivity contribution in [3.63, 3.8) is 0 Å². The third kappa shape index (κ3) is 9.05. The number of primary amides is 1. The van der Waals surface area contributed by atoms with Gasteiger partial charge >= 0.3 is 6.09 Å². The highest BCUT2D eigenvalue weighted by molar-refractivity contribution is 9.09. The van der Waals surface area contributed by atoms with Gasteiger partial charge in [0.05, 0.1) is 0 Å². The maximum atomic E-state index is 10.0. The van der Waals surface area contributed by atoms with Crippen molar-refractivity contribution in [3.8, 4) is 0 Å². The van der Waals surface area contributed by atoms with Gasteiger partial charge < -0.3 is 10.5 Å². The van der Waals surface area contributed by atoms with Crippen LogP contribution < -0.4 is 5.73 Å². The predicted octanol–water partition coefficient (Wildman–Crippen LogP) is 4.33. The molecular formula is C14H22BrNO2. The Balaban J connectivity index is 0.000000331. The third-order valence-corrected chi connectivity index (χ3v) is 2.44. The molecule has 1 aromatic rings. The monoisotopic (exact) mass is 315 g/mol. The lowest BCUT2D eigenvalue weighted by atomic mass is 10.1. The summed E-state index contributed by atoms with van der Waals surface area (Å²) in [6.45, 7) is 9.53. The molecule has 0 aromatic heterocycles. The Hall–Kier alpha value is -1.03. The van der Waals surface area contributed by atoms with Gasteiger partial charge in [-0.3, -0.25) is 0 Å². The molecule has 1 unspecified atom stereocenters. The fourth-order valence-electron chi connectivity index (χ4n) is 1.22. The number of benzene rings is 1. The normalized spacial score (nSPS) is 12.1. The zero-order chi connectivity index (χ0) is 14.3. The molecule has 0 saturated carbocycles. The van der Waals surface area contributed by atoms with Gasteiger partial charge in [-0.15, -0.1) is 0 Å². The Labute approximate surface area is 118 Å². The smallest absolute Gasteiger partial charge is 0.405 e. The van der Waals surface area contributed by atoms with E-state index in [1.165, 1.54) is 11.1 Å². The van der Waals surface area contributed by atoms with Gasteiger partial charge in [0.25, 0.3) is 0 Å². The summed E-state index contributed by atoms with van der Waals surface area (Å²) in [4.78, 5) is 10.5. The van der Waals surface area contributed by atoms with Crippen LogP contribution >= 0.6 is 15.9 Å². The second kappa shape index (κ2) is 7.41. The van der Waals surface area contributed by atoms with Crippen LogP contribution in [0.25, 0.3) is 0 Å². The van der Waals surface area contributed by atoms with Crippen LogP contribution in [0.15, 0.2) is 24.3 Å². The predicted molar refractivity (Wildman–Crippen MR) is 78.9 cm³/mol. The van der Waals surface area contributed by atoms with E-state index in [1.807, 2.05) is 0 Å². The van der Waals surface area contributed by atoms with E-state index in [1.54, 1.807) is 20.8 Å². The van der Waals surface area contributed by atoms with Crippen molar-refractivity contribution >= 4 is 22.0 Å². The number of carbonyl (C=O) groups is 1. The summed E-state index contributed by atoms with van der Waals surface area (Å²) in [6.07, 6.45) is -0.725. The van der Waals surface area contributed by atoms with Gasteiger partial charge in [-0.05, 0) is 40.2 Å². The number of amides is 1. The Kier molecular flexibility index (Phi) is 6.99. The zero-order valence-electron chi connectivity index (χ0n) is 11.7. The summed E-state index contributed by atoms with van der Waals surface area (Å²) in [5.74, 6) is 0. The van der Waals surface area contributed by atoms with Crippen LogP contribution in [0.2, 0.25) is 0 Å². The zero-order valence-corrected chi connectivity index (χ0v) is 13.2. The average molecular weight is 316 g/mol. The van der Waals surface area contributed by atoms with E-state index in [-0.39, 0.29) is 0 Å². The highest BCUT2D eigenvalue weighted by Gasteiger charge is 2.12. The number of alkyl halides is 1. The molecule has 3 nitrogen and oxygen atoms in total. The van der Waals surface area contributed by atoms with E-state index in [0.29, 0.717) is 4.83 Å². The van der Waals surface area contributed by atoms with Crippen LogP contribution in [-0.2, 0) is 4.74 Å². The van der Waals surface area contributed by atoms with Gasteiger partial charge in [0.1, 0.15) is 5.60 Å². The molecule has 0 fully saturated rings. The van der Waals surface area contributed by atoms with Gasteiger partial charge in [0.15, 0.2) is 0 Å². The molecule has 1 rings (SSSR count). The Morgan fingerprint density at radius 1 is 1.39 bits per heavy atom. The third-order valence-electron chi connectivity index (χ3n) is 1.91. The van der Waals surface area contributed by atoms with Crippen LogP contribution in [0.5, 0.6) is 0 Å². The van der Waals surface area contributed by atoms with E-state index in [4.69, 9.17) is 5.73 Å². The van der Waals surface area contributed by atoms with E-state index < -0.39 is 11.7 Å². The second-order valence-electron chi connectivity index (χ2n) is 5.06. The molecule has 4 heteroatoms. The fourth-order valence-corrected chi connectivity index (χ4v) is 1.50. The minimum atomic E-state index is -0.725. The molecule has 0 spiro atoms. The number of aryl methyl sites for hydroxylation is 1. The molecule has 2 N–H and O–H groups in total. The first-order chi connectivity index (χ1) is 8.11. The van der Waals surface area contributed by atoms with Crippen LogP contribution in [0.1, 0.15) is 43.6 Å². The number of hydrogen-bond acceptors (Lipinski definition) is 2. The molecule has 0 saturated heterocycles. The molecule has 0 aliphatic rings. The second-order valence-corrected chi connectivity index (χ2v) is 6.44. The van der Waals surface area contributed by atoms with Crippen molar-refractivity contribution in [1.29, 1.82) is 0 Å². The summed E-state index contributed by atoms with van der Waals surface area (Å²) >= 11 is 3.52. The topological polar surface area (TPSA) is 52.3 Å². The maximum Gasteiger partial charge on any atom is 0.405 e. The molecule has 1 aromatic carbocycles. The SMILES string of the molecule is CC(C)(C)OC(N)=O.Cc1cccc(C(C)Br)c1. The lowest BCUT2D eigenvalue weighted by molar-refractivity contribution is 0.0600. The van der Waals surface area contributed by atoms with Crippen LogP contribution in [0, 0.1) is 6.92 Å². The van der Waals surface area contributed by atoms with Crippen molar-refractivity contribution in [3.05, 3.63) is 35.4 Å². The van der Waals surface area contributed by atoms with Gasteiger partial charge in [-0.1, -0.05) is 45.8 Å². The minimum absolute atomic E-state index is 0.453. The number of ether oxygens (including phenoxy) is 1. The fraction of sp³-hybridized carbons (Fsp3) is 0.500. The number of carbonyl (C=O) groups excluding carboxylic acids is 1. The number of halogens is 1. The number of nitrogens with two attached hydrogens (primary N) is 1. The molecule has 0 radical (unpaired) electrons. The standard InChI is InChI=1S/C9H11Br.C5H11NO2/c1-7-4-3-5-9(6-7)8(2)10;1-5(2,3)8-4(6)7/h3-6,8H,1-2H3;1-3H3,(H2,6,7). The Morgan fingerprint density at radius 3 is 2.17 bits per heavy atom. The lowest BCUT2D eigenvalue weighted by Crippen LogP contribution is -2.27. The number of rotatable bonds is 1. The van der Waals surface area contributed by atoms with Crippen LogP contribution in [0.4, 0.5) is 4.79 Å². The summed E-state index contributed by atoms with van der Waals surface area (Å²) in [5.41, 5.74) is 6.94. The van der Waals surface area contributed by atoms with Gasteiger partial charge in [0, 0.05) is 4.83 Å². The molecule has 0 aliphatic carbocycles. The van der Waals surface area contributed by atoms with Crippen molar-refractivity contribution in [2.24, 2.45) is 5.73 Å². The van der Waals surface area contributed by atoms with E-state index in [9.17, 15) is 4.79 Å². The Morgan fingerprint density at radius 2 is 1.94 bits per heavy atom. The van der Waals surface area contributed by atoms with Gasteiger partial charge in [0.2, 0.25) is 0 Å². The summed E-state index contributed by atoms with van der Waals surface area (Å²) in [7, 11) is 0. The van der Waals surface area contributed by atoms with Crippen LogP contribution in [-0.4, -0.2) is 11.7 Å². The first-order valence-corrected chi connectivity index (χ1v) is 6.72. The maximum absolute atomic E-state index is 10.0. The molecule has 1 atom stereocenters. The lowest BCUT2D eigenvalue weighted by Gasteiger charge is -2.16. The molecule has 0 aliphatic heterocycles. The number of hydrogen-bond donors (Lipinski definition) is 1. The van der Waals surface area contributed by atoms with Crippen molar-refractivity contribution in [2.45, 2.75) is 45.0 Å². The summed E-state index contributed by atoms with van der Waals surface area (Å²) in [6, 6.07) is 8.52. The molecule has 0 heterocycles. The quantitative estimate of drug-likeness (QED) is 0.784. The van der Waals surface area contributed by atoms with E-state index in [0.717, 1.165) is 0 Å². The van der Waals surface area contributed by atoms with E-state index in [2.05, 4.69) is 58.8 Å². The van der Waals surface area contributed by atoms with Crippen molar-refractivity contribution in [1.82, 2.24) is 0 Å². The Bertz CT molecular complexity index is 384. The van der Waals surface area contributed by atoms with Crippen LogP contribution in [0.3, 0.4) is 0 Å². The first kappa shape index (κ1) is 17.0. The molecular weight excluding hydrogens is 294 g/mol. The van der Waals surface area contributed by atoms with Gasteiger partial charge in [-0.25, -0.2) is 4.79 Å². The highest BCUT2D eigenvalue weighted by Crippen LogP contribution is 2.21. The first-order valence-electron chi connectivity index (χ1n) is 5.81. The van der Waals surface area contributed by atoms with Crippen molar-refractivity contribution < 1.29 is 9.53 Å². The van der Waals surface area contributed by atoms with Crippen molar-refractivity contribution in [2.75, 3.05) is 0 Å². The summed E-state index contributed by atoms with van der Waals surface area (Å²) < 4.78 is 4.58. The largest absolute Gasteiger partial charge is 0.444 e.